The van der Waals surface area contributed by atoms with Crippen molar-refractivity contribution in [1.82, 2.24) is 19.7 Å². The largest absolute Gasteiger partial charge is 0.305 e. The third kappa shape index (κ3) is 2.01. The van der Waals surface area contributed by atoms with Gasteiger partial charge in [0.1, 0.15) is 0 Å². The lowest BCUT2D eigenvalue weighted by molar-refractivity contribution is 0.560. The molecule has 98 valence electrons. The highest BCUT2D eigenvalue weighted by molar-refractivity contribution is 5.91. The minimum Gasteiger partial charge on any atom is -0.305 e. The monoisotopic (exact) mass is 256 g/mol. The van der Waals surface area contributed by atoms with E-state index in [9.17, 15) is 4.79 Å². The van der Waals surface area contributed by atoms with Crippen LogP contribution in [0.25, 0.3) is 22.3 Å². The van der Waals surface area contributed by atoms with E-state index >= 15 is 0 Å². The zero-order valence-corrected chi connectivity index (χ0v) is 10.9. The minimum absolute atomic E-state index is 0.216. The Morgan fingerprint density at radius 2 is 2.26 bits per heavy atom. The molecule has 1 aromatic rings. The number of fused-ring (bicyclic) bond motifs is 3. The molecule has 0 amide bonds. The lowest BCUT2D eigenvalue weighted by Crippen LogP contribution is -2.12. The summed E-state index contributed by atoms with van der Waals surface area (Å²) in [6, 6.07) is 3.83. The van der Waals surface area contributed by atoms with Crippen molar-refractivity contribution in [3.05, 3.63) is 34.9 Å². The third-order valence-corrected chi connectivity index (χ3v) is 3.35. The van der Waals surface area contributed by atoms with Gasteiger partial charge in [-0.3, -0.25) is 9.48 Å². The Bertz CT molecular complexity index is 728. The van der Waals surface area contributed by atoms with Gasteiger partial charge in [0.05, 0.1) is 11.3 Å². The molecule has 0 radical (unpaired) electrons. The Morgan fingerprint density at radius 1 is 1.37 bits per heavy atom. The van der Waals surface area contributed by atoms with Crippen LogP contribution < -0.4 is 5.56 Å². The van der Waals surface area contributed by atoms with E-state index in [2.05, 4.69) is 22.0 Å². The number of hydrogen-bond donors (Lipinski definition) is 1. The Balaban J connectivity index is 2.16. The number of rotatable bonds is 4. The highest BCUT2D eigenvalue weighted by Gasteiger charge is 2.17. The van der Waals surface area contributed by atoms with Crippen molar-refractivity contribution in [2.45, 2.75) is 32.7 Å². The number of aromatic nitrogens is 4. The summed E-state index contributed by atoms with van der Waals surface area (Å²) in [5.41, 5.74) is 1.85. The number of aromatic amines is 1. The van der Waals surface area contributed by atoms with Crippen LogP contribution >= 0.6 is 0 Å². The summed E-state index contributed by atoms with van der Waals surface area (Å²) in [5, 5.41) is 4.08. The fourth-order valence-corrected chi connectivity index (χ4v) is 2.40. The molecular formula is C14H16N4O. The first kappa shape index (κ1) is 11.9. The van der Waals surface area contributed by atoms with Crippen LogP contribution in [0.15, 0.2) is 29.3 Å². The van der Waals surface area contributed by atoms with Crippen molar-refractivity contribution in [1.29, 1.82) is 0 Å². The van der Waals surface area contributed by atoms with Gasteiger partial charge in [0.15, 0.2) is 5.65 Å². The molecule has 0 saturated heterocycles. The number of unbranched alkanes of at least 4 members (excludes halogenated alkanes) is 2. The number of pyridine rings is 2. The molecular weight excluding hydrogens is 240 g/mol. The number of aryl methyl sites for hydroxylation is 1. The first-order chi connectivity index (χ1) is 9.31. The third-order valence-electron chi connectivity index (χ3n) is 3.35. The van der Waals surface area contributed by atoms with Crippen molar-refractivity contribution in [3.8, 4) is 11.3 Å². The maximum atomic E-state index is 12.0. The van der Waals surface area contributed by atoms with Crippen LogP contribution in [0, 0.1) is 0 Å². The van der Waals surface area contributed by atoms with Crippen LogP contribution in [0.3, 0.4) is 0 Å². The molecule has 0 saturated carbocycles. The first-order valence-electron chi connectivity index (χ1n) is 6.64. The van der Waals surface area contributed by atoms with Crippen molar-refractivity contribution >= 4 is 11.0 Å². The van der Waals surface area contributed by atoms with Crippen LogP contribution in [0.1, 0.15) is 26.2 Å². The van der Waals surface area contributed by atoms with Crippen LogP contribution in [0.5, 0.6) is 0 Å². The quantitative estimate of drug-likeness (QED) is 0.729. The van der Waals surface area contributed by atoms with Crippen molar-refractivity contribution in [3.63, 3.8) is 0 Å². The normalized spacial score (nSPS) is 11.4. The van der Waals surface area contributed by atoms with Gasteiger partial charge in [0, 0.05) is 24.3 Å². The molecule has 3 heterocycles. The average Bonchev–Trinajstić information content (AvgIpc) is 2.84. The second-order valence-electron chi connectivity index (χ2n) is 4.69. The number of nitrogens with zero attached hydrogens (tertiary/aromatic N) is 3. The molecule has 3 rings (SSSR count). The van der Waals surface area contributed by atoms with Gasteiger partial charge in [-0.15, -0.1) is 0 Å². The summed E-state index contributed by atoms with van der Waals surface area (Å²) in [4.78, 5) is 20.1. The fourth-order valence-electron chi connectivity index (χ4n) is 2.40. The van der Waals surface area contributed by atoms with Gasteiger partial charge in [-0.25, -0.2) is 4.98 Å². The zero-order chi connectivity index (χ0) is 13.2. The van der Waals surface area contributed by atoms with E-state index < -0.39 is 0 Å². The van der Waals surface area contributed by atoms with E-state index in [0.29, 0.717) is 11.2 Å². The number of H-pyrrole nitrogens is 1. The van der Waals surface area contributed by atoms with Gasteiger partial charge in [-0.1, -0.05) is 19.8 Å². The van der Waals surface area contributed by atoms with E-state index in [1.807, 2.05) is 16.8 Å². The maximum Gasteiger partial charge on any atom is 0.282 e. The summed E-state index contributed by atoms with van der Waals surface area (Å²) in [5.74, 6) is 0. The van der Waals surface area contributed by atoms with Gasteiger partial charge in [-0.2, -0.15) is 4.98 Å². The Hall–Kier alpha value is -2.17. The summed E-state index contributed by atoms with van der Waals surface area (Å²) < 4.78 is 2.03. The molecule has 1 aromatic heterocycles. The van der Waals surface area contributed by atoms with Crippen molar-refractivity contribution in [2.24, 2.45) is 0 Å². The number of nitrogens with one attached hydrogen (secondary N) is 1. The molecule has 0 fully saturated rings. The second kappa shape index (κ2) is 4.84. The van der Waals surface area contributed by atoms with Crippen LogP contribution in [-0.4, -0.2) is 19.7 Å². The van der Waals surface area contributed by atoms with Gasteiger partial charge in [-0.05, 0) is 18.6 Å². The molecule has 1 N–H and O–H groups in total. The van der Waals surface area contributed by atoms with Gasteiger partial charge in [0.2, 0.25) is 0 Å². The van der Waals surface area contributed by atoms with Crippen LogP contribution in [-0.2, 0) is 6.54 Å². The number of hydrogen-bond acceptors (Lipinski definition) is 3. The molecule has 0 atom stereocenters. The van der Waals surface area contributed by atoms with Crippen LogP contribution in [0.4, 0.5) is 0 Å². The standard InChI is InChI=1S/C14H16N4O/c1-2-3-4-8-18-12-10-6-5-7-15-13(10)17-14(19)11(12)9-16-18/h5-7,9,16H,2-4,8H2,1H3. The van der Waals surface area contributed by atoms with Gasteiger partial charge in [0.25, 0.3) is 5.56 Å². The van der Waals surface area contributed by atoms with E-state index in [1.165, 1.54) is 12.8 Å². The molecule has 0 bridgehead atoms. The average molecular weight is 256 g/mol. The van der Waals surface area contributed by atoms with E-state index in [1.54, 1.807) is 12.4 Å². The Labute approximate surface area is 110 Å². The molecule has 2 aliphatic rings. The highest BCUT2D eigenvalue weighted by Crippen LogP contribution is 2.25. The topological polar surface area (TPSA) is 63.6 Å². The molecule has 0 unspecified atom stereocenters. The molecule has 2 aliphatic heterocycles. The summed E-state index contributed by atoms with van der Waals surface area (Å²) in [6.07, 6.45) is 6.85. The molecule has 0 aliphatic carbocycles. The van der Waals surface area contributed by atoms with Gasteiger partial charge < -0.3 is 5.10 Å². The maximum absolute atomic E-state index is 12.0. The predicted octanol–water partition coefficient (Wildman–Crippen LogP) is 2.41. The lowest BCUT2D eigenvalue weighted by atomic mass is 10.1. The summed E-state index contributed by atoms with van der Waals surface area (Å²) >= 11 is 0. The molecule has 19 heavy (non-hydrogen) atoms. The second-order valence-corrected chi connectivity index (χ2v) is 4.69. The van der Waals surface area contributed by atoms with Crippen molar-refractivity contribution < 1.29 is 0 Å². The first-order valence-corrected chi connectivity index (χ1v) is 6.64. The summed E-state index contributed by atoms with van der Waals surface area (Å²) in [7, 11) is 0. The van der Waals surface area contributed by atoms with Crippen molar-refractivity contribution in [2.75, 3.05) is 0 Å². The minimum atomic E-state index is -0.216. The van der Waals surface area contributed by atoms with Gasteiger partial charge >= 0.3 is 0 Å². The highest BCUT2D eigenvalue weighted by atomic mass is 16.1. The SMILES string of the molecule is CCCCCn1[nH]cc2c(=O)nc3ncccc3c1-2. The van der Waals surface area contributed by atoms with E-state index in [0.717, 1.165) is 24.0 Å². The Kier molecular flexibility index (Phi) is 3.03. The molecule has 5 nitrogen and oxygen atoms in total. The zero-order valence-electron chi connectivity index (χ0n) is 10.9. The van der Waals surface area contributed by atoms with E-state index in [4.69, 9.17) is 0 Å². The molecule has 0 aromatic carbocycles. The Morgan fingerprint density at radius 3 is 3.11 bits per heavy atom. The molecule has 0 spiro atoms. The van der Waals surface area contributed by atoms with E-state index in [-0.39, 0.29) is 5.56 Å². The smallest absolute Gasteiger partial charge is 0.282 e. The molecule has 5 heteroatoms. The lowest BCUT2D eigenvalue weighted by Gasteiger charge is -2.09. The fraction of sp³-hybridized carbons (Fsp3) is 0.357. The summed E-state index contributed by atoms with van der Waals surface area (Å²) in [6.45, 7) is 3.06. The predicted molar refractivity (Wildman–Crippen MR) is 74.3 cm³/mol. The van der Waals surface area contributed by atoms with Crippen LogP contribution in [0.2, 0.25) is 0 Å².